The monoisotopic (exact) mass is 374 g/mol. The highest BCUT2D eigenvalue weighted by Gasteiger charge is 2.45. The second kappa shape index (κ2) is 6.77. The Hall–Kier alpha value is -2.32. The van der Waals surface area contributed by atoms with Crippen molar-refractivity contribution in [2.24, 2.45) is 5.92 Å². The molecule has 0 radical (unpaired) electrons. The molecule has 2 saturated heterocycles. The SMILES string of the molecule is CN1C(=O)C[C@H]2CCN(C(=O)c3ccccc3OC(F)(F)C(F)F)C[C@H]21. The molecule has 1 aromatic rings. The number of para-hydroxylation sites is 1. The fraction of sp³-hybridized carbons (Fsp3) is 0.529. The molecule has 2 aliphatic rings. The van der Waals surface area contributed by atoms with Crippen LogP contribution in [0.4, 0.5) is 17.6 Å². The molecule has 0 N–H and O–H groups in total. The Morgan fingerprint density at radius 3 is 2.69 bits per heavy atom. The summed E-state index contributed by atoms with van der Waals surface area (Å²) < 4.78 is 55.4. The Morgan fingerprint density at radius 2 is 2.00 bits per heavy atom. The third-order valence-electron chi connectivity index (χ3n) is 4.95. The molecule has 0 spiro atoms. The average Bonchev–Trinajstić information content (AvgIpc) is 2.88. The third kappa shape index (κ3) is 3.34. The van der Waals surface area contributed by atoms with Gasteiger partial charge in [0.2, 0.25) is 5.91 Å². The molecule has 2 atom stereocenters. The van der Waals surface area contributed by atoms with Crippen molar-refractivity contribution in [1.82, 2.24) is 9.80 Å². The zero-order chi connectivity index (χ0) is 19.1. The first kappa shape index (κ1) is 18.5. The highest BCUT2D eigenvalue weighted by atomic mass is 19.3. The molecule has 3 rings (SSSR count). The van der Waals surface area contributed by atoms with E-state index in [2.05, 4.69) is 4.74 Å². The minimum Gasteiger partial charge on any atom is -0.427 e. The van der Waals surface area contributed by atoms with Crippen LogP contribution in [0.5, 0.6) is 5.75 Å². The Labute approximate surface area is 147 Å². The number of likely N-dealkylation sites (N-methyl/N-ethyl adjacent to an activating group) is 1. The average molecular weight is 374 g/mol. The van der Waals surface area contributed by atoms with Gasteiger partial charge in [-0.1, -0.05) is 12.1 Å². The van der Waals surface area contributed by atoms with Gasteiger partial charge in [-0.2, -0.15) is 17.6 Å². The fourth-order valence-electron chi connectivity index (χ4n) is 3.49. The van der Waals surface area contributed by atoms with Crippen LogP contribution < -0.4 is 4.74 Å². The Balaban J connectivity index is 1.79. The number of fused-ring (bicyclic) bond motifs is 1. The van der Waals surface area contributed by atoms with Crippen molar-refractivity contribution >= 4 is 11.8 Å². The molecule has 1 aromatic carbocycles. The first-order valence-corrected chi connectivity index (χ1v) is 8.19. The molecule has 142 valence electrons. The second-order valence-electron chi connectivity index (χ2n) is 6.54. The zero-order valence-electron chi connectivity index (χ0n) is 14.0. The molecular formula is C17H18F4N2O3. The fourth-order valence-corrected chi connectivity index (χ4v) is 3.49. The number of benzene rings is 1. The van der Waals surface area contributed by atoms with Gasteiger partial charge in [0.1, 0.15) is 5.75 Å². The number of likely N-dealkylation sites (tertiary alicyclic amines) is 2. The van der Waals surface area contributed by atoms with Crippen LogP contribution in [0.25, 0.3) is 0 Å². The normalized spacial score (nSPS) is 23.4. The van der Waals surface area contributed by atoms with Crippen molar-refractivity contribution in [2.75, 3.05) is 20.1 Å². The van der Waals surface area contributed by atoms with Gasteiger partial charge in [-0.05, 0) is 24.5 Å². The maximum Gasteiger partial charge on any atom is 0.461 e. The number of rotatable bonds is 4. The molecule has 2 fully saturated rings. The molecule has 0 bridgehead atoms. The highest BCUT2D eigenvalue weighted by molar-refractivity contribution is 5.97. The number of hydrogen-bond acceptors (Lipinski definition) is 3. The van der Waals surface area contributed by atoms with Gasteiger partial charge in [-0.25, -0.2) is 0 Å². The maximum absolute atomic E-state index is 13.2. The van der Waals surface area contributed by atoms with E-state index in [1.54, 1.807) is 11.9 Å². The molecule has 0 unspecified atom stereocenters. The van der Waals surface area contributed by atoms with E-state index < -0.39 is 24.2 Å². The number of carbonyl (C=O) groups excluding carboxylic acids is 2. The second-order valence-corrected chi connectivity index (χ2v) is 6.54. The number of ether oxygens (including phenoxy) is 1. The van der Waals surface area contributed by atoms with Crippen LogP contribution in [-0.4, -0.2) is 60.3 Å². The van der Waals surface area contributed by atoms with E-state index >= 15 is 0 Å². The molecule has 2 amide bonds. The van der Waals surface area contributed by atoms with E-state index in [1.165, 1.54) is 23.1 Å². The van der Waals surface area contributed by atoms with E-state index in [9.17, 15) is 27.2 Å². The summed E-state index contributed by atoms with van der Waals surface area (Å²) in [6, 6.07) is 4.95. The Morgan fingerprint density at radius 1 is 1.31 bits per heavy atom. The number of amides is 2. The van der Waals surface area contributed by atoms with Gasteiger partial charge >= 0.3 is 12.5 Å². The van der Waals surface area contributed by atoms with Gasteiger partial charge < -0.3 is 14.5 Å². The lowest BCUT2D eigenvalue weighted by atomic mass is 9.92. The maximum atomic E-state index is 13.2. The van der Waals surface area contributed by atoms with Crippen molar-refractivity contribution < 1.29 is 31.9 Å². The third-order valence-corrected chi connectivity index (χ3v) is 4.95. The van der Waals surface area contributed by atoms with Gasteiger partial charge in [0.15, 0.2) is 0 Å². The zero-order valence-corrected chi connectivity index (χ0v) is 14.0. The van der Waals surface area contributed by atoms with Crippen molar-refractivity contribution in [1.29, 1.82) is 0 Å². The van der Waals surface area contributed by atoms with E-state index in [0.29, 0.717) is 19.4 Å². The topological polar surface area (TPSA) is 49.9 Å². The highest BCUT2D eigenvalue weighted by Crippen LogP contribution is 2.34. The summed E-state index contributed by atoms with van der Waals surface area (Å²) in [5.41, 5.74) is -0.210. The number of hydrogen-bond donors (Lipinski definition) is 0. The smallest absolute Gasteiger partial charge is 0.427 e. The lowest BCUT2D eigenvalue weighted by Crippen LogP contribution is -2.49. The molecule has 2 aliphatic heterocycles. The van der Waals surface area contributed by atoms with Crippen LogP contribution in [0.3, 0.4) is 0 Å². The minimum absolute atomic E-state index is 0.00890. The summed E-state index contributed by atoms with van der Waals surface area (Å²) in [6.45, 7) is 0.631. The first-order valence-electron chi connectivity index (χ1n) is 8.19. The Bertz CT molecular complexity index is 713. The van der Waals surface area contributed by atoms with Gasteiger partial charge in [0.25, 0.3) is 5.91 Å². The van der Waals surface area contributed by atoms with Crippen LogP contribution >= 0.6 is 0 Å². The standard InChI is InChI=1S/C17H18F4N2O3/c1-22-12-9-23(7-6-10(12)8-14(22)24)15(25)11-4-2-3-5-13(11)26-17(20,21)16(18)19/h2-5,10,12,16H,6-9H2,1H3/t10-,12-/m1/s1. The lowest BCUT2D eigenvalue weighted by molar-refractivity contribution is -0.253. The molecule has 5 nitrogen and oxygen atoms in total. The Kier molecular flexibility index (Phi) is 4.81. The summed E-state index contributed by atoms with van der Waals surface area (Å²) in [7, 11) is 1.67. The van der Waals surface area contributed by atoms with Crippen LogP contribution in [0.15, 0.2) is 24.3 Å². The van der Waals surface area contributed by atoms with E-state index in [1.807, 2.05) is 0 Å². The number of carbonyl (C=O) groups is 2. The van der Waals surface area contributed by atoms with E-state index in [4.69, 9.17) is 0 Å². The summed E-state index contributed by atoms with van der Waals surface area (Å²) in [5, 5.41) is 0. The van der Waals surface area contributed by atoms with Crippen LogP contribution in [0.2, 0.25) is 0 Å². The van der Waals surface area contributed by atoms with Gasteiger partial charge in [-0.15, -0.1) is 0 Å². The lowest BCUT2D eigenvalue weighted by Gasteiger charge is -2.37. The summed E-state index contributed by atoms with van der Waals surface area (Å²) in [4.78, 5) is 27.6. The summed E-state index contributed by atoms with van der Waals surface area (Å²) in [6.07, 6.45) is -7.66. The molecule has 2 heterocycles. The van der Waals surface area contributed by atoms with Gasteiger partial charge in [-0.3, -0.25) is 9.59 Å². The first-order chi connectivity index (χ1) is 12.2. The number of piperidine rings is 1. The predicted octanol–water partition coefficient (Wildman–Crippen LogP) is 2.62. The van der Waals surface area contributed by atoms with E-state index in [-0.39, 0.29) is 30.0 Å². The van der Waals surface area contributed by atoms with Crippen LogP contribution in [0, 0.1) is 5.92 Å². The number of nitrogens with zero attached hydrogens (tertiary/aromatic N) is 2. The van der Waals surface area contributed by atoms with Crippen molar-refractivity contribution in [3.8, 4) is 5.75 Å². The van der Waals surface area contributed by atoms with Crippen molar-refractivity contribution in [3.05, 3.63) is 29.8 Å². The molecule has 26 heavy (non-hydrogen) atoms. The van der Waals surface area contributed by atoms with Gasteiger partial charge in [0.05, 0.1) is 11.6 Å². The minimum atomic E-state index is -4.69. The summed E-state index contributed by atoms with van der Waals surface area (Å²) in [5.74, 6) is -1.02. The van der Waals surface area contributed by atoms with Crippen molar-refractivity contribution in [3.63, 3.8) is 0 Å². The molecule has 0 saturated carbocycles. The van der Waals surface area contributed by atoms with Crippen LogP contribution in [-0.2, 0) is 4.79 Å². The number of alkyl halides is 4. The molecule has 9 heteroatoms. The quantitative estimate of drug-likeness (QED) is 0.762. The summed E-state index contributed by atoms with van der Waals surface area (Å²) >= 11 is 0. The molecular weight excluding hydrogens is 356 g/mol. The molecule has 0 aromatic heterocycles. The molecule has 0 aliphatic carbocycles. The number of halogens is 4. The predicted molar refractivity (Wildman–Crippen MR) is 83.2 cm³/mol. The van der Waals surface area contributed by atoms with Gasteiger partial charge in [0, 0.05) is 26.6 Å². The van der Waals surface area contributed by atoms with Crippen LogP contribution in [0.1, 0.15) is 23.2 Å². The largest absolute Gasteiger partial charge is 0.461 e. The van der Waals surface area contributed by atoms with E-state index in [0.717, 1.165) is 6.07 Å². The van der Waals surface area contributed by atoms with Crippen molar-refractivity contribution in [2.45, 2.75) is 31.4 Å².